The maximum atomic E-state index is 12.2. The first-order chi connectivity index (χ1) is 7.64. The van der Waals surface area contributed by atoms with Crippen LogP contribution in [0.1, 0.15) is 6.42 Å². The van der Waals surface area contributed by atoms with Crippen LogP contribution in [0.2, 0.25) is 0 Å². The second-order valence-electron chi connectivity index (χ2n) is 4.35. The minimum Gasteiger partial charge on any atom is -0.396 e. The highest BCUT2D eigenvalue weighted by Gasteiger charge is 2.35. The van der Waals surface area contributed by atoms with E-state index in [0.29, 0.717) is 26.2 Å². The van der Waals surface area contributed by atoms with Gasteiger partial charge < -0.3 is 10.4 Å². The number of aliphatic hydroxyl groups is 1. The van der Waals surface area contributed by atoms with Gasteiger partial charge in [0.1, 0.15) is 0 Å². The lowest BCUT2D eigenvalue weighted by Crippen LogP contribution is -2.51. The van der Waals surface area contributed by atoms with E-state index in [1.807, 2.05) is 0 Å². The smallest absolute Gasteiger partial charge is 0.282 e. The molecule has 16 heavy (non-hydrogen) atoms. The maximum absolute atomic E-state index is 12.2. The van der Waals surface area contributed by atoms with Gasteiger partial charge in [0.2, 0.25) is 0 Å². The molecule has 0 aromatic rings. The summed E-state index contributed by atoms with van der Waals surface area (Å²) >= 11 is 0. The monoisotopic (exact) mass is 249 g/mol. The number of aliphatic hydroxyl groups excluding tert-OH is 1. The summed E-state index contributed by atoms with van der Waals surface area (Å²) in [6.07, 6.45) is 0.766. The highest BCUT2D eigenvalue weighted by Crippen LogP contribution is 2.21. The first-order valence-corrected chi connectivity index (χ1v) is 7.11. The molecule has 0 radical (unpaired) electrons. The molecule has 0 amide bonds. The predicted molar refractivity (Wildman–Crippen MR) is 60.1 cm³/mol. The van der Waals surface area contributed by atoms with Crippen molar-refractivity contribution in [2.75, 3.05) is 45.9 Å². The lowest BCUT2D eigenvalue weighted by molar-refractivity contribution is 0.231. The Hall–Kier alpha value is -0.210. The zero-order chi connectivity index (χ0) is 11.6. The van der Waals surface area contributed by atoms with Gasteiger partial charge in [0, 0.05) is 45.9 Å². The Kier molecular flexibility index (Phi) is 3.81. The van der Waals surface area contributed by atoms with E-state index in [-0.39, 0.29) is 12.5 Å². The van der Waals surface area contributed by atoms with Crippen molar-refractivity contribution < 1.29 is 13.5 Å². The number of piperazine rings is 1. The summed E-state index contributed by atoms with van der Waals surface area (Å²) < 4.78 is 27.4. The van der Waals surface area contributed by atoms with E-state index in [4.69, 9.17) is 5.11 Å². The molecule has 0 bridgehead atoms. The predicted octanol–water partition coefficient (Wildman–Crippen LogP) is -1.55. The second-order valence-corrected chi connectivity index (χ2v) is 6.28. The summed E-state index contributed by atoms with van der Waals surface area (Å²) in [7, 11) is -3.29. The molecule has 0 aliphatic carbocycles. The van der Waals surface area contributed by atoms with Crippen LogP contribution in [0.4, 0.5) is 0 Å². The molecule has 2 N–H and O–H groups in total. The molecular formula is C9H19N3O3S. The summed E-state index contributed by atoms with van der Waals surface area (Å²) in [5.74, 6) is 0.109. The van der Waals surface area contributed by atoms with Crippen LogP contribution in [0, 0.1) is 5.92 Å². The summed E-state index contributed by atoms with van der Waals surface area (Å²) in [4.78, 5) is 0. The third-order valence-electron chi connectivity index (χ3n) is 3.24. The quantitative estimate of drug-likeness (QED) is 0.635. The molecule has 94 valence electrons. The largest absolute Gasteiger partial charge is 0.396 e. The van der Waals surface area contributed by atoms with Crippen molar-refractivity contribution in [2.24, 2.45) is 5.92 Å². The van der Waals surface area contributed by atoms with E-state index in [1.54, 1.807) is 0 Å². The van der Waals surface area contributed by atoms with Gasteiger partial charge in [-0.15, -0.1) is 0 Å². The Balaban J connectivity index is 2.01. The molecule has 0 aromatic heterocycles. The molecule has 0 saturated carbocycles. The summed E-state index contributed by atoms with van der Waals surface area (Å²) in [5, 5.41) is 12.1. The molecular weight excluding hydrogens is 230 g/mol. The number of hydrogen-bond donors (Lipinski definition) is 2. The van der Waals surface area contributed by atoms with E-state index >= 15 is 0 Å². The Morgan fingerprint density at radius 3 is 2.44 bits per heavy atom. The molecule has 0 aromatic carbocycles. The fraction of sp³-hybridized carbons (Fsp3) is 1.00. The third-order valence-corrected chi connectivity index (χ3v) is 5.24. The molecule has 2 aliphatic heterocycles. The van der Waals surface area contributed by atoms with Crippen molar-refractivity contribution in [3.8, 4) is 0 Å². The molecule has 2 aliphatic rings. The molecule has 2 rings (SSSR count). The van der Waals surface area contributed by atoms with Crippen molar-refractivity contribution >= 4 is 10.2 Å². The minimum atomic E-state index is -3.29. The van der Waals surface area contributed by atoms with E-state index in [1.165, 1.54) is 8.61 Å². The van der Waals surface area contributed by atoms with Gasteiger partial charge in [-0.1, -0.05) is 0 Å². The van der Waals surface area contributed by atoms with Gasteiger partial charge in [0.25, 0.3) is 10.2 Å². The number of rotatable bonds is 3. The van der Waals surface area contributed by atoms with E-state index in [9.17, 15) is 8.42 Å². The lowest BCUT2D eigenvalue weighted by atomic mass is 10.1. The van der Waals surface area contributed by atoms with Gasteiger partial charge in [0.15, 0.2) is 0 Å². The summed E-state index contributed by atoms with van der Waals surface area (Å²) in [6, 6.07) is 0. The van der Waals surface area contributed by atoms with Crippen LogP contribution in [0.15, 0.2) is 0 Å². The standard InChI is InChI=1S/C9H19N3O3S/c13-8-9-1-4-12(7-9)16(14,15)11-5-2-10-3-6-11/h9-10,13H,1-8H2. The van der Waals surface area contributed by atoms with Crippen molar-refractivity contribution in [1.82, 2.24) is 13.9 Å². The van der Waals surface area contributed by atoms with E-state index < -0.39 is 10.2 Å². The zero-order valence-corrected chi connectivity index (χ0v) is 10.1. The van der Waals surface area contributed by atoms with Crippen molar-refractivity contribution in [3.05, 3.63) is 0 Å². The van der Waals surface area contributed by atoms with Gasteiger partial charge in [-0.3, -0.25) is 0 Å². The highest BCUT2D eigenvalue weighted by atomic mass is 32.2. The Bertz CT molecular complexity index is 327. The van der Waals surface area contributed by atoms with Crippen LogP contribution in [0.3, 0.4) is 0 Å². The Morgan fingerprint density at radius 1 is 1.19 bits per heavy atom. The molecule has 1 atom stereocenters. The van der Waals surface area contributed by atoms with Crippen LogP contribution in [-0.4, -0.2) is 68.0 Å². The van der Waals surface area contributed by atoms with Gasteiger partial charge >= 0.3 is 0 Å². The van der Waals surface area contributed by atoms with Crippen molar-refractivity contribution in [1.29, 1.82) is 0 Å². The average Bonchev–Trinajstić information content (AvgIpc) is 2.79. The summed E-state index contributed by atoms with van der Waals surface area (Å²) in [6.45, 7) is 3.60. The van der Waals surface area contributed by atoms with Gasteiger partial charge in [-0.05, 0) is 12.3 Å². The first kappa shape index (κ1) is 12.3. The molecule has 2 heterocycles. The molecule has 2 saturated heterocycles. The third kappa shape index (κ3) is 2.38. The molecule has 2 fully saturated rings. The highest BCUT2D eigenvalue weighted by molar-refractivity contribution is 7.86. The Labute approximate surface area is 96.4 Å². The van der Waals surface area contributed by atoms with Gasteiger partial charge in [-0.2, -0.15) is 17.0 Å². The number of nitrogens with zero attached hydrogens (tertiary/aromatic N) is 2. The average molecular weight is 249 g/mol. The van der Waals surface area contributed by atoms with Gasteiger partial charge in [-0.25, -0.2) is 0 Å². The maximum Gasteiger partial charge on any atom is 0.282 e. The molecule has 0 spiro atoms. The number of hydrogen-bond acceptors (Lipinski definition) is 4. The second kappa shape index (κ2) is 4.97. The van der Waals surface area contributed by atoms with Crippen molar-refractivity contribution in [3.63, 3.8) is 0 Å². The van der Waals surface area contributed by atoms with Crippen LogP contribution >= 0.6 is 0 Å². The van der Waals surface area contributed by atoms with Gasteiger partial charge in [0.05, 0.1) is 0 Å². The van der Waals surface area contributed by atoms with Crippen molar-refractivity contribution in [2.45, 2.75) is 6.42 Å². The summed E-state index contributed by atoms with van der Waals surface area (Å²) in [5.41, 5.74) is 0. The van der Waals surface area contributed by atoms with Crippen LogP contribution in [-0.2, 0) is 10.2 Å². The fourth-order valence-electron chi connectivity index (χ4n) is 2.19. The van der Waals surface area contributed by atoms with E-state index in [0.717, 1.165) is 19.5 Å². The topological polar surface area (TPSA) is 72.9 Å². The van der Waals surface area contributed by atoms with Crippen LogP contribution in [0.5, 0.6) is 0 Å². The molecule has 6 nitrogen and oxygen atoms in total. The fourth-order valence-corrected chi connectivity index (χ4v) is 3.90. The Morgan fingerprint density at radius 2 is 1.88 bits per heavy atom. The first-order valence-electron chi connectivity index (χ1n) is 5.71. The normalized spacial score (nSPS) is 29.7. The minimum absolute atomic E-state index is 0.0770. The molecule has 1 unspecified atom stereocenters. The van der Waals surface area contributed by atoms with Crippen LogP contribution < -0.4 is 5.32 Å². The molecule has 7 heteroatoms. The van der Waals surface area contributed by atoms with Crippen LogP contribution in [0.25, 0.3) is 0 Å². The lowest BCUT2D eigenvalue weighted by Gasteiger charge is -2.30. The number of nitrogens with one attached hydrogen (secondary N) is 1. The SMILES string of the molecule is O=S(=O)(N1CCNCC1)N1CCC(CO)C1. The van der Waals surface area contributed by atoms with E-state index in [2.05, 4.69) is 5.32 Å². The zero-order valence-electron chi connectivity index (χ0n) is 9.30.